The number of hydrogen-bond acceptors (Lipinski definition) is 8. The van der Waals surface area contributed by atoms with E-state index in [1.807, 2.05) is 43.0 Å². The van der Waals surface area contributed by atoms with Crippen molar-refractivity contribution in [2.45, 2.75) is 27.2 Å². The van der Waals surface area contributed by atoms with Gasteiger partial charge in [-0.05, 0) is 49.1 Å². The first-order valence-electron chi connectivity index (χ1n) is 13.6. The summed E-state index contributed by atoms with van der Waals surface area (Å²) in [5, 5.41) is 31.2. The van der Waals surface area contributed by atoms with Crippen LogP contribution in [0.5, 0.6) is 23.0 Å². The van der Waals surface area contributed by atoms with E-state index in [4.69, 9.17) is 9.15 Å². The monoisotopic (exact) mass is 558 g/mol. The number of methoxy groups -OCH3 is 1. The minimum absolute atomic E-state index is 0.0534. The van der Waals surface area contributed by atoms with Crippen LogP contribution in [0.3, 0.4) is 0 Å². The van der Waals surface area contributed by atoms with E-state index in [1.165, 1.54) is 0 Å². The van der Waals surface area contributed by atoms with Crippen LogP contribution in [0.2, 0.25) is 0 Å². The summed E-state index contributed by atoms with van der Waals surface area (Å²) in [5.74, 6) is -0.884. The summed E-state index contributed by atoms with van der Waals surface area (Å²) in [5.41, 5.74) is 2.05. The highest BCUT2D eigenvalue weighted by molar-refractivity contribution is 5.96. The van der Waals surface area contributed by atoms with Crippen molar-refractivity contribution in [1.82, 2.24) is 4.90 Å². The Labute approximate surface area is 237 Å². The van der Waals surface area contributed by atoms with Crippen molar-refractivity contribution in [3.8, 4) is 34.1 Å². The fourth-order valence-corrected chi connectivity index (χ4v) is 5.42. The van der Waals surface area contributed by atoms with E-state index in [0.29, 0.717) is 49.5 Å². The fourth-order valence-electron chi connectivity index (χ4n) is 5.42. The van der Waals surface area contributed by atoms with E-state index < -0.39 is 22.7 Å². The second-order valence-electron chi connectivity index (χ2n) is 10.7. The van der Waals surface area contributed by atoms with Gasteiger partial charge in [-0.25, -0.2) is 0 Å². The van der Waals surface area contributed by atoms with Crippen LogP contribution < -0.4 is 15.1 Å². The van der Waals surface area contributed by atoms with Gasteiger partial charge in [-0.15, -0.1) is 0 Å². The van der Waals surface area contributed by atoms with Crippen molar-refractivity contribution in [3.63, 3.8) is 0 Å². The molecule has 0 saturated carbocycles. The Kier molecular flexibility index (Phi) is 7.53. The molecule has 3 N–H and O–H groups in total. The number of nitrogens with zero attached hydrogens (tertiary/aromatic N) is 2. The normalized spacial score (nSPS) is 13.7. The van der Waals surface area contributed by atoms with E-state index in [2.05, 4.69) is 4.90 Å². The van der Waals surface area contributed by atoms with Crippen LogP contribution in [-0.2, 0) is 6.42 Å². The van der Waals surface area contributed by atoms with Gasteiger partial charge in [-0.2, -0.15) is 0 Å². The zero-order chi connectivity index (χ0) is 29.4. The number of rotatable bonds is 6. The summed E-state index contributed by atoms with van der Waals surface area (Å²) < 4.78 is 11.3. The second kappa shape index (κ2) is 11.1. The van der Waals surface area contributed by atoms with Crippen molar-refractivity contribution in [2.75, 3.05) is 38.2 Å². The average molecular weight is 559 g/mol. The quantitative estimate of drug-likeness (QED) is 0.281. The Balaban J connectivity index is 1.40. The number of anilines is 1. The van der Waals surface area contributed by atoms with Crippen LogP contribution >= 0.6 is 0 Å². The highest BCUT2D eigenvalue weighted by Gasteiger charge is 2.27. The zero-order valence-corrected chi connectivity index (χ0v) is 23.6. The van der Waals surface area contributed by atoms with E-state index in [1.54, 1.807) is 38.3 Å². The number of phenols is 3. The number of aryl methyl sites for hydroxylation is 1. The van der Waals surface area contributed by atoms with Gasteiger partial charge in [0.05, 0.1) is 12.7 Å². The summed E-state index contributed by atoms with van der Waals surface area (Å²) in [6.07, 6.45) is 0.336. The Hall–Kier alpha value is -4.66. The van der Waals surface area contributed by atoms with Gasteiger partial charge in [-0.3, -0.25) is 9.59 Å². The van der Waals surface area contributed by atoms with Crippen LogP contribution in [0.25, 0.3) is 22.1 Å². The summed E-state index contributed by atoms with van der Waals surface area (Å²) in [7, 11) is 1.64. The third-order valence-corrected chi connectivity index (χ3v) is 7.55. The Morgan fingerprint density at radius 3 is 2.29 bits per heavy atom. The van der Waals surface area contributed by atoms with Gasteiger partial charge >= 0.3 is 0 Å². The lowest BCUT2D eigenvalue weighted by Crippen LogP contribution is -2.48. The zero-order valence-electron chi connectivity index (χ0n) is 23.6. The maximum Gasteiger partial charge on any atom is 0.253 e. The standard InChI is InChI=1S/C32H34N2O7/c1-18(2)16-24-27(35)30(38)29(37)26-28(36)25(19(3)41-31(24)26)20-8-10-21(11-9-20)32(39)34-14-12-33(13-15-34)22-6-5-7-23(17-22)40-4/h5-11,17-18,35,37-38H,12-16H2,1-4H3. The van der Waals surface area contributed by atoms with Gasteiger partial charge in [0.2, 0.25) is 11.2 Å². The maximum absolute atomic E-state index is 13.6. The molecule has 1 aliphatic rings. The highest BCUT2D eigenvalue weighted by atomic mass is 16.5. The van der Waals surface area contributed by atoms with Crippen LogP contribution in [0.1, 0.15) is 35.5 Å². The van der Waals surface area contributed by atoms with E-state index in [-0.39, 0.29) is 33.9 Å². The van der Waals surface area contributed by atoms with Gasteiger partial charge in [0.1, 0.15) is 22.5 Å². The van der Waals surface area contributed by atoms with Gasteiger partial charge in [0, 0.05) is 49.1 Å². The largest absolute Gasteiger partial charge is 0.504 e. The minimum atomic E-state index is -0.748. The molecule has 1 saturated heterocycles. The molecular weight excluding hydrogens is 524 g/mol. The maximum atomic E-state index is 13.6. The molecule has 9 heteroatoms. The molecule has 0 atom stereocenters. The van der Waals surface area contributed by atoms with Crippen molar-refractivity contribution in [1.29, 1.82) is 0 Å². The van der Waals surface area contributed by atoms with Gasteiger partial charge < -0.3 is 34.3 Å². The molecule has 1 aliphatic heterocycles. The molecule has 5 rings (SSSR count). The van der Waals surface area contributed by atoms with Crippen LogP contribution in [0.15, 0.2) is 57.7 Å². The van der Waals surface area contributed by atoms with E-state index >= 15 is 0 Å². The fraction of sp³-hybridized carbons (Fsp3) is 0.312. The predicted octanol–water partition coefficient (Wildman–Crippen LogP) is 5.05. The highest BCUT2D eigenvalue weighted by Crippen LogP contribution is 2.45. The van der Waals surface area contributed by atoms with Crippen molar-refractivity contribution < 1.29 is 29.3 Å². The number of ether oxygens (including phenoxy) is 1. The number of amides is 1. The second-order valence-corrected chi connectivity index (χ2v) is 10.7. The number of phenolic OH excluding ortho intramolecular Hbond substituents is 3. The molecule has 9 nitrogen and oxygen atoms in total. The third-order valence-electron chi connectivity index (χ3n) is 7.55. The number of piperazine rings is 1. The summed E-state index contributed by atoms with van der Waals surface area (Å²) in [6.45, 7) is 8.02. The molecule has 3 aromatic carbocycles. The van der Waals surface area contributed by atoms with E-state index in [0.717, 1.165) is 11.4 Å². The molecule has 2 heterocycles. The molecule has 0 spiro atoms. The first kappa shape index (κ1) is 27.9. The van der Waals surface area contributed by atoms with Crippen LogP contribution in [0.4, 0.5) is 5.69 Å². The molecule has 214 valence electrons. The number of carbonyl (C=O) groups excluding carboxylic acids is 1. The molecular formula is C32H34N2O7. The number of fused-ring (bicyclic) bond motifs is 1. The summed E-state index contributed by atoms with van der Waals surface area (Å²) >= 11 is 0. The van der Waals surface area contributed by atoms with Crippen LogP contribution in [0, 0.1) is 12.8 Å². The number of hydrogen-bond donors (Lipinski definition) is 3. The Morgan fingerprint density at radius 2 is 1.66 bits per heavy atom. The molecule has 0 radical (unpaired) electrons. The summed E-state index contributed by atoms with van der Waals surface area (Å²) in [4.78, 5) is 30.9. The van der Waals surface area contributed by atoms with Crippen molar-refractivity contribution in [2.24, 2.45) is 5.92 Å². The van der Waals surface area contributed by atoms with Crippen LogP contribution in [-0.4, -0.2) is 59.4 Å². The first-order valence-corrected chi connectivity index (χ1v) is 13.6. The molecule has 0 aliphatic carbocycles. The molecule has 4 aromatic rings. The average Bonchev–Trinajstić information content (AvgIpc) is 2.98. The Morgan fingerprint density at radius 1 is 0.976 bits per heavy atom. The number of aromatic hydroxyl groups is 3. The van der Waals surface area contributed by atoms with Gasteiger partial charge in [0.15, 0.2) is 11.5 Å². The molecule has 1 fully saturated rings. The van der Waals surface area contributed by atoms with Gasteiger partial charge in [0.25, 0.3) is 5.91 Å². The van der Waals surface area contributed by atoms with Crippen molar-refractivity contribution in [3.05, 3.63) is 75.6 Å². The number of carbonyl (C=O) groups is 1. The van der Waals surface area contributed by atoms with Gasteiger partial charge in [-0.1, -0.05) is 32.0 Å². The lowest BCUT2D eigenvalue weighted by Gasteiger charge is -2.36. The van der Waals surface area contributed by atoms with Crippen molar-refractivity contribution >= 4 is 22.6 Å². The molecule has 1 aromatic heterocycles. The Bertz CT molecular complexity index is 1670. The van der Waals surface area contributed by atoms with E-state index in [9.17, 15) is 24.9 Å². The number of benzene rings is 3. The molecule has 0 bridgehead atoms. The predicted molar refractivity (Wildman–Crippen MR) is 157 cm³/mol. The lowest BCUT2D eigenvalue weighted by atomic mass is 9.95. The smallest absolute Gasteiger partial charge is 0.253 e. The lowest BCUT2D eigenvalue weighted by molar-refractivity contribution is 0.0746. The molecule has 0 unspecified atom stereocenters. The molecule has 1 amide bonds. The third kappa shape index (κ3) is 5.15. The topological polar surface area (TPSA) is 124 Å². The molecule has 41 heavy (non-hydrogen) atoms. The summed E-state index contributed by atoms with van der Waals surface area (Å²) in [6, 6.07) is 14.6. The minimum Gasteiger partial charge on any atom is -0.504 e. The SMILES string of the molecule is COc1cccc(N2CCN(C(=O)c3ccc(-c4c(C)oc5c(CC(C)C)c(O)c(O)c(O)c5c4=O)cc3)CC2)c1. The first-order chi connectivity index (χ1) is 19.6.